The van der Waals surface area contributed by atoms with Crippen LogP contribution in [0.2, 0.25) is 0 Å². The normalized spacial score (nSPS) is 11.0. The molecule has 20 heavy (non-hydrogen) atoms. The third-order valence-electron chi connectivity index (χ3n) is 2.78. The van der Waals surface area contributed by atoms with Crippen LogP contribution in [0.5, 0.6) is 0 Å². The van der Waals surface area contributed by atoms with E-state index in [9.17, 15) is 9.59 Å². The first kappa shape index (κ1) is 16.7. The zero-order chi connectivity index (χ0) is 15.4. The Labute approximate surface area is 124 Å². The predicted octanol–water partition coefficient (Wildman–Crippen LogP) is 3.91. The molecule has 0 spiro atoms. The summed E-state index contributed by atoms with van der Waals surface area (Å²) in [6.45, 7) is 11.4. The average Bonchev–Trinajstić information content (AvgIpc) is 2.51. The fraction of sp³-hybridized carbons (Fsp3) is 0.600. The van der Waals surface area contributed by atoms with Crippen molar-refractivity contribution in [2.24, 2.45) is 5.92 Å². The summed E-state index contributed by atoms with van der Waals surface area (Å²) in [5, 5.41) is 3.43. The van der Waals surface area contributed by atoms with Gasteiger partial charge in [0.2, 0.25) is 5.91 Å². The van der Waals surface area contributed by atoms with Crippen molar-refractivity contribution in [3.63, 3.8) is 0 Å². The molecule has 5 heteroatoms. The lowest BCUT2D eigenvalue weighted by Crippen LogP contribution is -2.17. The van der Waals surface area contributed by atoms with Gasteiger partial charge in [-0.2, -0.15) is 0 Å². The molecule has 1 aromatic rings. The molecular formula is C15H23NO3S. The summed E-state index contributed by atoms with van der Waals surface area (Å²) in [7, 11) is 0. The van der Waals surface area contributed by atoms with E-state index in [2.05, 4.69) is 5.32 Å². The van der Waals surface area contributed by atoms with E-state index in [1.807, 2.05) is 41.5 Å². The molecule has 0 unspecified atom stereocenters. The first-order chi connectivity index (χ1) is 9.22. The molecule has 0 saturated carbocycles. The molecule has 0 atom stereocenters. The Morgan fingerprint density at radius 1 is 1.20 bits per heavy atom. The van der Waals surface area contributed by atoms with Gasteiger partial charge in [0, 0.05) is 11.3 Å². The predicted molar refractivity (Wildman–Crippen MR) is 82.4 cm³/mol. The largest absolute Gasteiger partial charge is 0.459 e. The Kier molecular flexibility index (Phi) is 5.74. The van der Waals surface area contributed by atoms with Crippen molar-refractivity contribution in [2.45, 2.75) is 54.1 Å². The van der Waals surface area contributed by atoms with Gasteiger partial charge in [-0.05, 0) is 39.2 Å². The standard InChI is InChI=1S/C15H23NO3S/c1-8(2)7-12(17)16-14-13(10(5)11(6)20-14)15(18)19-9(3)4/h8-9H,7H2,1-6H3,(H,16,17). The number of ether oxygens (including phenoxy) is 1. The molecule has 0 aliphatic heterocycles. The first-order valence-corrected chi connectivity index (χ1v) is 7.64. The highest BCUT2D eigenvalue weighted by Gasteiger charge is 2.23. The molecule has 4 nitrogen and oxygen atoms in total. The smallest absolute Gasteiger partial charge is 0.341 e. The lowest BCUT2D eigenvalue weighted by atomic mass is 10.1. The Bertz CT molecular complexity index is 503. The maximum Gasteiger partial charge on any atom is 0.341 e. The van der Waals surface area contributed by atoms with Gasteiger partial charge in [-0.15, -0.1) is 11.3 Å². The number of hydrogen-bond donors (Lipinski definition) is 1. The van der Waals surface area contributed by atoms with E-state index in [4.69, 9.17) is 4.74 Å². The van der Waals surface area contributed by atoms with Gasteiger partial charge in [-0.25, -0.2) is 4.79 Å². The van der Waals surface area contributed by atoms with Crippen LogP contribution in [0, 0.1) is 19.8 Å². The lowest BCUT2D eigenvalue weighted by Gasteiger charge is -2.11. The van der Waals surface area contributed by atoms with Gasteiger partial charge >= 0.3 is 5.97 Å². The molecule has 1 rings (SSSR count). The third kappa shape index (κ3) is 4.34. The van der Waals surface area contributed by atoms with Crippen LogP contribution in [0.4, 0.5) is 5.00 Å². The van der Waals surface area contributed by atoms with Gasteiger partial charge in [0.15, 0.2) is 0 Å². The summed E-state index contributed by atoms with van der Waals surface area (Å²) >= 11 is 1.42. The van der Waals surface area contributed by atoms with E-state index in [0.29, 0.717) is 17.0 Å². The second-order valence-corrected chi connectivity index (χ2v) is 6.81. The van der Waals surface area contributed by atoms with E-state index >= 15 is 0 Å². The monoisotopic (exact) mass is 297 g/mol. The first-order valence-electron chi connectivity index (χ1n) is 6.83. The Hall–Kier alpha value is -1.36. The molecule has 0 radical (unpaired) electrons. The lowest BCUT2D eigenvalue weighted by molar-refractivity contribution is -0.116. The molecule has 0 saturated heterocycles. The van der Waals surface area contributed by atoms with E-state index in [-0.39, 0.29) is 23.9 Å². The minimum Gasteiger partial charge on any atom is -0.459 e. The zero-order valence-corrected chi connectivity index (χ0v) is 13.8. The van der Waals surface area contributed by atoms with Crippen LogP contribution >= 0.6 is 11.3 Å². The molecule has 1 N–H and O–H groups in total. The molecule has 112 valence electrons. The van der Waals surface area contributed by atoms with Crippen molar-refractivity contribution in [1.82, 2.24) is 0 Å². The van der Waals surface area contributed by atoms with Crippen LogP contribution in [0.25, 0.3) is 0 Å². The number of carbonyl (C=O) groups excluding carboxylic acids is 2. The summed E-state index contributed by atoms with van der Waals surface area (Å²) in [6, 6.07) is 0. The summed E-state index contributed by atoms with van der Waals surface area (Å²) in [5.74, 6) is -0.162. The molecule has 0 aliphatic carbocycles. The maximum absolute atomic E-state index is 12.1. The van der Waals surface area contributed by atoms with Crippen LogP contribution < -0.4 is 5.32 Å². The second kappa shape index (κ2) is 6.88. The Morgan fingerprint density at radius 2 is 1.80 bits per heavy atom. The van der Waals surface area contributed by atoms with Crippen LogP contribution in [0.15, 0.2) is 0 Å². The maximum atomic E-state index is 12.1. The van der Waals surface area contributed by atoms with E-state index < -0.39 is 0 Å². The van der Waals surface area contributed by atoms with Gasteiger partial charge in [0.1, 0.15) is 5.00 Å². The van der Waals surface area contributed by atoms with Gasteiger partial charge in [0.25, 0.3) is 0 Å². The molecule has 0 bridgehead atoms. The minimum atomic E-state index is -0.373. The second-order valence-electron chi connectivity index (χ2n) is 5.59. The molecule has 0 aromatic carbocycles. The number of hydrogen-bond acceptors (Lipinski definition) is 4. The molecule has 0 aliphatic rings. The Balaban J connectivity index is 2.99. The molecule has 1 aromatic heterocycles. The van der Waals surface area contributed by atoms with E-state index in [0.717, 1.165) is 10.4 Å². The third-order valence-corrected chi connectivity index (χ3v) is 3.90. The van der Waals surface area contributed by atoms with Crippen LogP contribution in [-0.2, 0) is 9.53 Å². The van der Waals surface area contributed by atoms with Crippen molar-refractivity contribution in [2.75, 3.05) is 5.32 Å². The van der Waals surface area contributed by atoms with Crippen LogP contribution in [0.1, 0.15) is 54.9 Å². The van der Waals surface area contributed by atoms with Gasteiger partial charge in [-0.1, -0.05) is 13.8 Å². The van der Waals surface area contributed by atoms with Crippen molar-refractivity contribution in [3.8, 4) is 0 Å². The highest BCUT2D eigenvalue weighted by Crippen LogP contribution is 2.33. The molecule has 1 heterocycles. The van der Waals surface area contributed by atoms with Crippen molar-refractivity contribution < 1.29 is 14.3 Å². The fourth-order valence-electron chi connectivity index (χ4n) is 1.78. The number of esters is 1. The van der Waals surface area contributed by atoms with Crippen molar-refractivity contribution >= 4 is 28.2 Å². The minimum absolute atomic E-state index is 0.0696. The molecule has 0 fully saturated rings. The number of carbonyl (C=O) groups is 2. The highest BCUT2D eigenvalue weighted by molar-refractivity contribution is 7.16. The zero-order valence-electron chi connectivity index (χ0n) is 13.0. The summed E-state index contributed by atoms with van der Waals surface area (Å²) < 4.78 is 5.25. The van der Waals surface area contributed by atoms with Gasteiger partial charge in [0.05, 0.1) is 11.7 Å². The average molecular weight is 297 g/mol. The van der Waals surface area contributed by atoms with Crippen LogP contribution in [-0.4, -0.2) is 18.0 Å². The molecular weight excluding hydrogens is 274 g/mol. The van der Waals surface area contributed by atoms with Crippen molar-refractivity contribution in [1.29, 1.82) is 0 Å². The fourth-order valence-corrected chi connectivity index (χ4v) is 2.85. The number of rotatable bonds is 5. The quantitative estimate of drug-likeness (QED) is 0.838. The van der Waals surface area contributed by atoms with Crippen LogP contribution in [0.3, 0.4) is 0 Å². The topological polar surface area (TPSA) is 55.4 Å². The summed E-state index contributed by atoms with van der Waals surface area (Å²) in [6.07, 6.45) is 0.260. The van der Waals surface area contributed by atoms with E-state index in [1.54, 1.807) is 0 Å². The number of anilines is 1. The number of amides is 1. The molecule has 1 amide bonds. The van der Waals surface area contributed by atoms with Crippen molar-refractivity contribution in [3.05, 3.63) is 16.0 Å². The Morgan fingerprint density at radius 3 is 2.30 bits per heavy atom. The number of aryl methyl sites for hydroxylation is 1. The van der Waals surface area contributed by atoms with Gasteiger partial charge in [-0.3, -0.25) is 4.79 Å². The highest BCUT2D eigenvalue weighted by atomic mass is 32.1. The number of nitrogens with one attached hydrogen (secondary N) is 1. The summed E-state index contributed by atoms with van der Waals surface area (Å²) in [4.78, 5) is 25.0. The number of thiophene rings is 1. The van der Waals surface area contributed by atoms with E-state index in [1.165, 1.54) is 11.3 Å². The SMILES string of the molecule is Cc1sc(NC(=O)CC(C)C)c(C(=O)OC(C)C)c1C. The van der Waals surface area contributed by atoms with Gasteiger partial charge < -0.3 is 10.1 Å². The summed E-state index contributed by atoms with van der Waals surface area (Å²) in [5.41, 5.74) is 1.36.